The molecule has 2 bridgehead atoms. The fourth-order valence-corrected chi connectivity index (χ4v) is 3.16. The smallest absolute Gasteiger partial charge is 0.0224 e. The van der Waals surface area contributed by atoms with Crippen LogP contribution < -0.4 is 5.32 Å². The molecule has 3 rings (SSSR count). The van der Waals surface area contributed by atoms with Crippen LogP contribution in [0.25, 0.3) is 0 Å². The van der Waals surface area contributed by atoms with Crippen molar-refractivity contribution in [3.05, 3.63) is 0 Å². The first-order valence-electron chi connectivity index (χ1n) is 4.67. The minimum Gasteiger partial charge on any atom is -0.311 e. The summed E-state index contributed by atoms with van der Waals surface area (Å²) in [5, 5.41) is 3.46. The van der Waals surface area contributed by atoms with Crippen molar-refractivity contribution >= 4 is 0 Å². The highest BCUT2D eigenvalue weighted by molar-refractivity contribution is 5.01. The monoisotopic (exact) mass is 137 g/mol. The Kier molecular flexibility index (Phi) is 0.984. The number of fused-ring (bicyclic) bond motifs is 2. The average Bonchev–Trinajstić information content (AvgIpc) is 2.60. The van der Waals surface area contributed by atoms with Crippen LogP contribution in [0, 0.1) is 17.8 Å². The molecule has 56 valence electrons. The van der Waals surface area contributed by atoms with Gasteiger partial charge in [-0.2, -0.15) is 0 Å². The first kappa shape index (κ1) is 5.59. The second-order valence-corrected chi connectivity index (χ2v) is 4.35. The molecule has 4 unspecified atom stereocenters. The van der Waals surface area contributed by atoms with Gasteiger partial charge in [-0.25, -0.2) is 0 Å². The zero-order chi connectivity index (χ0) is 6.55. The number of rotatable bonds is 1. The van der Waals surface area contributed by atoms with E-state index in [2.05, 4.69) is 5.32 Å². The van der Waals surface area contributed by atoms with Crippen LogP contribution in [0.2, 0.25) is 0 Å². The summed E-state index contributed by atoms with van der Waals surface area (Å²) >= 11 is 0. The summed E-state index contributed by atoms with van der Waals surface area (Å²) in [4.78, 5) is 0. The largest absolute Gasteiger partial charge is 0.311 e. The van der Waals surface area contributed by atoms with Crippen molar-refractivity contribution in [3.8, 4) is 0 Å². The van der Waals surface area contributed by atoms with Gasteiger partial charge in [0.25, 0.3) is 0 Å². The Morgan fingerprint density at radius 1 is 1.10 bits per heavy atom. The van der Waals surface area contributed by atoms with Gasteiger partial charge in [0, 0.05) is 12.6 Å². The van der Waals surface area contributed by atoms with Crippen LogP contribution in [-0.4, -0.2) is 12.6 Å². The highest BCUT2D eigenvalue weighted by Crippen LogP contribution is 2.50. The quantitative estimate of drug-likeness (QED) is 0.542. The Hall–Kier alpha value is -0.0400. The average molecular weight is 137 g/mol. The Labute approximate surface area is 62.2 Å². The minimum absolute atomic E-state index is 0.954. The van der Waals surface area contributed by atoms with Gasteiger partial charge in [0.15, 0.2) is 0 Å². The van der Waals surface area contributed by atoms with E-state index in [1.807, 2.05) is 0 Å². The lowest BCUT2D eigenvalue weighted by Gasteiger charge is -2.19. The van der Waals surface area contributed by atoms with Gasteiger partial charge in [-0.3, -0.25) is 0 Å². The van der Waals surface area contributed by atoms with Crippen LogP contribution in [0.4, 0.5) is 0 Å². The third kappa shape index (κ3) is 0.672. The Morgan fingerprint density at radius 3 is 2.50 bits per heavy atom. The molecule has 3 aliphatic rings. The molecule has 3 fully saturated rings. The first-order chi connectivity index (χ1) is 4.93. The molecule has 0 aromatic rings. The van der Waals surface area contributed by atoms with Crippen molar-refractivity contribution in [2.45, 2.75) is 31.7 Å². The summed E-state index contributed by atoms with van der Waals surface area (Å²) in [6.45, 7) is 1.33. The molecule has 0 amide bonds. The number of hydrogen-bond donors (Lipinski definition) is 1. The van der Waals surface area contributed by atoms with E-state index in [4.69, 9.17) is 0 Å². The fourth-order valence-electron chi connectivity index (χ4n) is 3.16. The van der Waals surface area contributed by atoms with E-state index in [9.17, 15) is 0 Å². The predicted molar refractivity (Wildman–Crippen MR) is 40.7 cm³/mol. The van der Waals surface area contributed by atoms with Crippen LogP contribution in [0.15, 0.2) is 0 Å². The maximum Gasteiger partial charge on any atom is 0.0224 e. The normalized spacial score (nSPS) is 57.6. The van der Waals surface area contributed by atoms with Crippen molar-refractivity contribution in [3.63, 3.8) is 0 Å². The van der Waals surface area contributed by atoms with Gasteiger partial charge in [-0.1, -0.05) is 6.42 Å². The van der Waals surface area contributed by atoms with Crippen molar-refractivity contribution in [2.75, 3.05) is 6.54 Å². The molecule has 1 nitrogen and oxygen atoms in total. The molecule has 1 heterocycles. The molecule has 1 N–H and O–H groups in total. The van der Waals surface area contributed by atoms with Crippen LogP contribution in [0.1, 0.15) is 25.7 Å². The van der Waals surface area contributed by atoms with E-state index in [-0.39, 0.29) is 0 Å². The van der Waals surface area contributed by atoms with E-state index in [0.717, 1.165) is 23.8 Å². The Morgan fingerprint density at radius 2 is 2.00 bits per heavy atom. The van der Waals surface area contributed by atoms with Gasteiger partial charge in [0.1, 0.15) is 0 Å². The van der Waals surface area contributed by atoms with Gasteiger partial charge in [-0.05, 0) is 37.0 Å². The van der Waals surface area contributed by atoms with E-state index in [0.29, 0.717) is 0 Å². The van der Waals surface area contributed by atoms with Gasteiger partial charge in [-0.15, -0.1) is 0 Å². The van der Waals surface area contributed by atoms with Crippen molar-refractivity contribution in [1.82, 2.24) is 5.32 Å². The molecule has 1 saturated heterocycles. The van der Waals surface area contributed by atoms with Crippen molar-refractivity contribution in [2.24, 2.45) is 17.8 Å². The number of hydrogen-bond acceptors (Lipinski definition) is 1. The van der Waals surface area contributed by atoms with Crippen LogP contribution in [0.3, 0.4) is 0 Å². The summed E-state index contributed by atoms with van der Waals surface area (Å²) in [5.41, 5.74) is 0. The molecule has 0 spiro atoms. The molecule has 1 heteroatoms. The van der Waals surface area contributed by atoms with Gasteiger partial charge in [0.05, 0.1) is 0 Å². The van der Waals surface area contributed by atoms with E-state index in [1.54, 1.807) is 25.7 Å². The van der Waals surface area contributed by atoms with E-state index in [1.165, 1.54) is 6.54 Å². The second kappa shape index (κ2) is 1.76. The summed E-state index contributed by atoms with van der Waals surface area (Å²) in [5.74, 6) is 3.36. The van der Waals surface area contributed by atoms with E-state index >= 15 is 0 Å². The number of nitrogens with one attached hydrogen (secondary N) is 1. The Bertz CT molecular complexity index is 151. The third-order valence-electron chi connectivity index (χ3n) is 3.75. The molecule has 0 radical (unpaired) electrons. The summed E-state index contributed by atoms with van der Waals surface area (Å²) in [7, 11) is 0. The van der Waals surface area contributed by atoms with Crippen molar-refractivity contribution < 1.29 is 0 Å². The summed E-state index contributed by atoms with van der Waals surface area (Å²) < 4.78 is 0. The zero-order valence-electron chi connectivity index (χ0n) is 6.34. The Balaban J connectivity index is 1.77. The molecule has 4 atom stereocenters. The topological polar surface area (TPSA) is 21.9 Å². The summed E-state index contributed by atoms with van der Waals surface area (Å²) in [6, 6.07) is 0.954. The summed E-state index contributed by atoms with van der Waals surface area (Å²) in [6.07, 6.45) is 6.23. The molecule has 0 aromatic heterocycles. The van der Waals surface area contributed by atoms with E-state index < -0.39 is 0 Å². The molecular weight excluding hydrogens is 122 g/mol. The predicted octanol–water partition coefficient (Wildman–Crippen LogP) is 1.39. The zero-order valence-corrected chi connectivity index (χ0v) is 6.34. The maximum atomic E-state index is 3.46. The lowest BCUT2D eigenvalue weighted by molar-refractivity contribution is 0.328. The minimum atomic E-state index is 0.954. The molecule has 2 saturated carbocycles. The lowest BCUT2D eigenvalue weighted by Crippen LogP contribution is -2.17. The first-order valence-corrected chi connectivity index (χ1v) is 4.67. The SMILES string of the molecule is C1CC2CC1CC2C1CN1. The molecule has 1 aliphatic heterocycles. The highest BCUT2D eigenvalue weighted by atomic mass is 15.1. The second-order valence-electron chi connectivity index (χ2n) is 4.35. The van der Waals surface area contributed by atoms with Gasteiger partial charge in [0.2, 0.25) is 0 Å². The molecular formula is C9H15N. The fraction of sp³-hybridized carbons (Fsp3) is 1.00. The lowest BCUT2D eigenvalue weighted by atomic mass is 9.86. The molecule has 10 heavy (non-hydrogen) atoms. The van der Waals surface area contributed by atoms with Crippen LogP contribution in [-0.2, 0) is 0 Å². The van der Waals surface area contributed by atoms with Crippen LogP contribution >= 0.6 is 0 Å². The van der Waals surface area contributed by atoms with Crippen LogP contribution in [0.5, 0.6) is 0 Å². The standard InChI is InChI=1S/C9H15N/c1-2-7-3-6(1)4-8(7)9-5-10-9/h6-10H,1-5H2. The third-order valence-corrected chi connectivity index (χ3v) is 3.75. The van der Waals surface area contributed by atoms with Gasteiger partial charge < -0.3 is 5.32 Å². The maximum absolute atomic E-state index is 3.46. The highest BCUT2D eigenvalue weighted by Gasteiger charge is 2.46. The van der Waals surface area contributed by atoms with Crippen molar-refractivity contribution in [1.29, 1.82) is 0 Å². The molecule has 0 aromatic carbocycles. The molecule has 2 aliphatic carbocycles. The van der Waals surface area contributed by atoms with Gasteiger partial charge >= 0.3 is 0 Å².